The molecule has 1 spiro atoms. The third kappa shape index (κ3) is 3.27. The van der Waals surface area contributed by atoms with Crippen molar-refractivity contribution in [2.75, 3.05) is 27.2 Å². The summed E-state index contributed by atoms with van der Waals surface area (Å²) >= 11 is 1.70. The van der Waals surface area contributed by atoms with Crippen molar-refractivity contribution in [1.82, 2.24) is 9.80 Å². The molecule has 5 heteroatoms. The molecule has 2 saturated carbocycles. The van der Waals surface area contributed by atoms with Gasteiger partial charge in [0.2, 0.25) is 11.8 Å². The number of hydrogen-bond acceptors (Lipinski definition) is 3. The number of carbonyl (C=O) groups is 2. The lowest BCUT2D eigenvalue weighted by Gasteiger charge is -2.32. The summed E-state index contributed by atoms with van der Waals surface area (Å²) in [4.78, 5) is 30.1. The van der Waals surface area contributed by atoms with Gasteiger partial charge in [-0.25, -0.2) is 0 Å². The first-order valence-corrected chi connectivity index (χ1v) is 12.0. The topological polar surface area (TPSA) is 40.6 Å². The fourth-order valence-electron chi connectivity index (χ4n) is 5.66. The third-order valence-electron chi connectivity index (χ3n) is 7.71. The first-order chi connectivity index (χ1) is 14.4. The predicted octanol–water partition coefficient (Wildman–Crippen LogP) is 4.45. The van der Waals surface area contributed by atoms with E-state index in [0.717, 1.165) is 12.8 Å². The van der Waals surface area contributed by atoms with Crippen LogP contribution in [0.1, 0.15) is 37.7 Å². The van der Waals surface area contributed by atoms with Crippen molar-refractivity contribution in [3.8, 4) is 11.1 Å². The van der Waals surface area contributed by atoms with E-state index in [2.05, 4.69) is 41.1 Å². The van der Waals surface area contributed by atoms with Gasteiger partial charge >= 0.3 is 0 Å². The average molecular weight is 423 g/mol. The largest absolute Gasteiger partial charge is 0.348 e. The summed E-state index contributed by atoms with van der Waals surface area (Å²) in [7, 11) is 3.66. The molecule has 0 radical (unpaired) electrons. The number of likely N-dealkylation sites (tertiary alicyclic amines) is 1. The highest BCUT2D eigenvalue weighted by molar-refractivity contribution is 7.08. The van der Waals surface area contributed by atoms with Crippen molar-refractivity contribution >= 4 is 23.2 Å². The normalized spacial score (nSPS) is 26.5. The molecular formula is C25H30N2O2S. The summed E-state index contributed by atoms with van der Waals surface area (Å²) in [6.07, 6.45) is 6.22. The van der Waals surface area contributed by atoms with Crippen molar-refractivity contribution in [2.45, 2.75) is 38.5 Å². The van der Waals surface area contributed by atoms with Crippen LogP contribution in [0.15, 0.2) is 41.1 Å². The van der Waals surface area contributed by atoms with Crippen LogP contribution in [0.2, 0.25) is 0 Å². The average Bonchev–Trinajstić information content (AvgIpc) is 3.05. The molecule has 0 unspecified atom stereocenters. The SMILES string of the molecule is CN(C)C(=O)[C@]1(Cc2ccc(-c3ccsc3)cc2)CCN(C(=O)[C@H]2CC23CCC3)C1. The van der Waals surface area contributed by atoms with E-state index in [1.807, 2.05) is 19.0 Å². The van der Waals surface area contributed by atoms with E-state index >= 15 is 0 Å². The number of nitrogens with zero attached hydrogens (tertiary/aromatic N) is 2. The molecule has 0 N–H and O–H groups in total. The molecule has 1 aromatic heterocycles. The summed E-state index contributed by atoms with van der Waals surface area (Å²) in [5, 5.41) is 4.24. The smallest absolute Gasteiger partial charge is 0.230 e. The van der Waals surface area contributed by atoms with Gasteiger partial charge in [-0.3, -0.25) is 9.59 Å². The van der Waals surface area contributed by atoms with E-state index in [-0.39, 0.29) is 11.8 Å². The minimum absolute atomic E-state index is 0.147. The Morgan fingerprint density at radius 3 is 2.43 bits per heavy atom. The van der Waals surface area contributed by atoms with Gasteiger partial charge in [-0.1, -0.05) is 30.7 Å². The Balaban J connectivity index is 1.33. The summed E-state index contributed by atoms with van der Waals surface area (Å²) in [5.74, 6) is 0.672. The molecular weight excluding hydrogens is 392 g/mol. The number of benzene rings is 1. The van der Waals surface area contributed by atoms with E-state index in [4.69, 9.17) is 0 Å². The van der Waals surface area contributed by atoms with Gasteiger partial charge in [-0.15, -0.1) is 0 Å². The zero-order chi connectivity index (χ0) is 20.9. The molecule has 0 bridgehead atoms. The van der Waals surface area contributed by atoms with E-state index in [9.17, 15) is 9.59 Å². The lowest BCUT2D eigenvalue weighted by Crippen LogP contribution is -2.45. The molecule has 2 aliphatic carbocycles. The molecule has 2 amide bonds. The highest BCUT2D eigenvalue weighted by atomic mass is 32.1. The molecule has 2 heterocycles. The van der Waals surface area contributed by atoms with Gasteiger partial charge in [0.05, 0.1) is 5.41 Å². The molecule has 3 aliphatic rings. The number of hydrogen-bond donors (Lipinski definition) is 0. The second-order valence-corrected chi connectivity index (χ2v) is 10.6. The molecule has 158 valence electrons. The van der Waals surface area contributed by atoms with E-state index in [1.165, 1.54) is 36.0 Å². The quantitative estimate of drug-likeness (QED) is 0.714. The Morgan fingerprint density at radius 2 is 1.87 bits per heavy atom. The highest BCUT2D eigenvalue weighted by Gasteiger charge is 2.62. The third-order valence-corrected chi connectivity index (χ3v) is 8.40. The first kappa shape index (κ1) is 19.8. The molecule has 1 aliphatic heterocycles. The summed E-state index contributed by atoms with van der Waals surface area (Å²) in [6.45, 7) is 1.26. The Hall–Kier alpha value is -2.14. The molecule has 3 fully saturated rings. The van der Waals surface area contributed by atoms with Gasteiger partial charge in [0, 0.05) is 33.1 Å². The van der Waals surface area contributed by atoms with Crippen molar-refractivity contribution < 1.29 is 9.59 Å². The van der Waals surface area contributed by atoms with E-state index in [0.29, 0.717) is 30.8 Å². The van der Waals surface area contributed by atoms with Crippen LogP contribution in [-0.4, -0.2) is 48.8 Å². The Morgan fingerprint density at radius 1 is 1.10 bits per heavy atom. The van der Waals surface area contributed by atoms with Crippen molar-refractivity contribution in [3.63, 3.8) is 0 Å². The molecule has 2 aromatic rings. The second kappa shape index (κ2) is 7.23. The van der Waals surface area contributed by atoms with Gasteiger partial charge in [0.25, 0.3) is 0 Å². The number of carbonyl (C=O) groups excluding carboxylic acids is 2. The summed E-state index contributed by atoms with van der Waals surface area (Å²) in [6, 6.07) is 10.7. The van der Waals surface area contributed by atoms with Crippen LogP contribution >= 0.6 is 11.3 Å². The predicted molar refractivity (Wildman–Crippen MR) is 120 cm³/mol. The zero-order valence-electron chi connectivity index (χ0n) is 17.9. The Labute approximate surface area is 182 Å². The maximum absolute atomic E-state index is 13.3. The van der Waals surface area contributed by atoms with Crippen LogP contribution in [0.25, 0.3) is 11.1 Å². The van der Waals surface area contributed by atoms with Crippen LogP contribution in [0.5, 0.6) is 0 Å². The van der Waals surface area contributed by atoms with E-state index < -0.39 is 5.41 Å². The van der Waals surface area contributed by atoms with Crippen molar-refractivity contribution in [2.24, 2.45) is 16.7 Å². The maximum Gasteiger partial charge on any atom is 0.230 e. The van der Waals surface area contributed by atoms with Gasteiger partial charge in [-0.2, -0.15) is 11.3 Å². The van der Waals surface area contributed by atoms with Crippen molar-refractivity contribution in [3.05, 3.63) is 46.7 Å². The Bertz CT molecular complexity index is 946. The van der Waals surface area contributed by atoms with Crippen molar-refractivity contribution in [1.29, 1.82) is 0 Å². The van der Waals surface area contributed by atoms with Crippen LogP contribution < -0.4 is 0 Å². The number of amides is 2. The summed E-state index contributed by atoms with van der Waals surface area (Å²) < 4.78 is 0. The number of rotatable bonds is 5. The Kier molecular flexibility index (Phi) is 4.77. The van der Waals surface area contributed by atoms with Crippen LogP contribution in [0.3, 0.4) is 0 Å². The molecule has 1 saturated heterocycles. The molecule has 30 heavy (non-hydrogen) atoms. The zero-order valence-corrected chi connectivity index (χ0v) is 18.7. The van der Waals surface area contributed by atoms with Crippen LogP contribution in [0.4, 0.5) is 0 Å². The minimum Gasteiger partial charge on any atom is -0.348 e. The monoisotopic (exact) mass is 422 g/mol. The highest BCUT2D eigenvalue weighted by Crippen LogP contribution is 2.66. The fraction of sp³-hybridized carbons (Fsp3) is 0.520. The second-order valence-electron chi connectivity index (χ2n) is 9.85. The lowest BCUT2D eigenvalue weighted by molar-refractivity contribution is -0.140. The van der Waals surface area contributed by atoms with Crippen LogP contribution in [-0.2, 0) is 16.0 Å². The molecule has 4 nitrogen and oxygen atoms in total. The van der Waals surface area contributed by atoms with Gasteiger partial charge in [-0.05, 0) is 71.0 Å². The molecule has 1 aromatic carbocycles. The van der Waals surface area contributed by atoms with Gasteiger partial charge in [0.1, 0.15) is 0 Å². The molecule has 5 rings (SSSR count). The molecule has 2 atom stereocenters. The standard InChI is InChI=1S/C25H30N2O2S/c1-26(2)23(29)25(14-18-4-6-19(7-5-18)20-8-13-30-16-20)11-12-27(17-25)22(28)21-15-24(21)9-3-10-24/h4-8,13,16,21H,3,9-12,14-15,17H2,1-2H3/t21-,25+/m1/s1. The lowest BCUT2D eigenvalue weighted by atomic mass is 9.79. The number of thiophene rings is 1. The fourth-order valence-corrected chi connectivity index (χ4v) is 6.33. The summed E-state index contributed by atoms with van der Waals surface area (Å²) in [5.41, 5.74) is 3.43. The van der Waals surface area contributed by atoms with Gasteiger partial charge < -0.3 is 9.80 Å². The minimum atomic E-state index is -0.509. The van der Waals surface area contributed by atoms with Crippen LogP contribution in [0, 0.1) is 16.7 Å². The van der Waals surface area contributed by atoms with Gasteiger partial charge in [0.15, 0.2) is 0 Å². The first-order valence-electron chi connectivity index (χ1n) is 11.0. The maximum atomic E-state index is 13.3. The van der Waals surface area contributed by atoms with E-state index in [1.54, 1.807) is 16.2 Å².